The Morgan fingerprint density at radius 2 is 1.91 bits per heavy atom. The molecule has 0 N–H and O–H groups in total. The number of hydrogen-bond donors (Lipinski definition) is 0. The van der Waals surface area contributed by atoms with Gasteiger partial charge in [0.05, 0.1) is 12.6 Å². The molecule has 1 atom stereocenters. The number of oxime groups is 1. The molecule has 0 saturated heterocycles. The summed E-state index contributed by atoms with van der Waals surface area (Å²) < 4.78 is 28.3. The van der Waals surface area contributed by atoms with Gasteiger partial charge < -0.3 is 9.57 Å². The van der Waals surface area contributed by atoms with E-state index in [1.54, 1.807) is 6.07 Å². The summed E-state index contributed by atoms with van der Waals surface area (Å²) in [5, 5.41) is 3.94. The fraction of sp³-hybridized carbons (Fsp3) is 0.250. The van der Waals surface area contributed by atoms with Crippen molar-refractivity contribution in [3.63, 3.8) is 0 Å². The van der Waals surface area contributed by atoms with E-state index in [2.05, 4.69) is 10.1 Å². The Bertz CT molecular complexity index is 827. The predicted molar refractivity (Wildman–Crippen MR) is 85.0 cm³/mol. The van der Waals surface area contributed by atoms with Crippen LogP contribution in [0.5, 0.6) is 5.75 Å². The van der Waals surface area contributed by atoms with Gasteiger partial charge in [-0.05, 0) is 24.6 Å². The molecule has 1 aromatic carbocycles. The average molecular weight is 332 g/mol. The molecule has 0 amide bonds. The Morgan fingerprint density at radius 3 is 2.52 bits per heavy atom. The van der Waals surface area contributed by atoms with Crippen molar-refractivity contribution in [2.24, 2.45) is 5.16 Å². The first-order valence-corrected chi connectivity index (χ1v) is 8.94. The highest BCUT2D eigenvalue weighted by atomic mass is 32.2. The quantitative estimate of drug-likeness (QED) is 0.863. The van der Waals surface area contributed by atoms with E-state index in [4.69, 9.17) is 9.57 Å². The lowest BCUT2D eigenvalue weighted by molar-refractivity contribution is 0.0855. The van der Waals surface area contributed by atoms with Crippen LogP contribution in [-0.2, 0) is 14.7 Å². The molecule has 3 rings (SSSR count). The molecule has 0 spiro atoms. The number of aromatic nitrogens is 1. The van der Waals surface area contributed by atoms with Gasteiger partial charge in [-0.1, -0.05) is 35.0 Å². The van der Waals surface area contributed by atoms with Crippen molar-refractivity contribution in [2.75, 3.05) is 6.26 Å². The molecule has 2 heterocycles. The van der Waals surface area contributed by atoms with Gasteiger partial charge in [-0.2, -0.15) is 0 Å². The number of rotatable bonds is 3. The molecule has 1 aliphatic heterocycles. The Kier molecular flexibility index (Phi) is 4.04. The molecule has 2 aromatic rings. The van der Waals surface area contributed by atoms with Gasteiger partial charge in [0.2, 0.25) is 5.90 Å². The zero-order chi connectivity index (χ0) is 16.4. The summed E-state index contributed by atoms with van der Waals surface area (Å²) in [6.07, 6.45) is 2.81. The summed E-state index contributed by atoms with van der Waals surface area (Å²) in [5.74, 6) is 0.855. The minimum Gasteiger partial charge on any atom is -0.438 e. The summed E-state index contributed by atoms with van der Waals surface area (Å²) in [7, 11) is -3.32. The van der Waals surface area contributed by atoms with Gasteiger partial charge in [0.1, 0.15) is 5.75 Å². The van der Waals surface area contributed by atoms with Gasteiger partial charge in [-0.25, -0.2) is 13.4 Å². The molecular weight excluding hydrogens is 316 g/mol. The Labute approximate surface area is 134 Å². The van der Waals surface area contributed by atoms with E-state index in [1.165, 1.54) is 17.8 Å². The highest BCUT2D eigenvalue weighted by Crippen LogP contribution is 2.28. The van der Waals surface area contributed by atoms with Crippen LogP contribution >= 0.6 is 0 Å². The second kappa shape index (κ2) is 6.00. The fourth-order valence-electron chi connectivity index (χ4n) is 2.16. The Hall–Kier alpha value is -2.41. The summed E-state index contributed by atoms with van der Waals surface area (Å²) in [5.41, 5.74) is 2.21. The van der Waals surface area contributed by atoms with Crippen LogP contribution in [0.15, 0.2) is 52.8 Å². The van der Waals surface area contributed by atoms with Crippen LogP contribution in [0, 0.1) is 6.92 Å². The first-order valence-electron chi connectivity index (χ1n) is 7.05. The molecule has 0 unspecified atom stereocenters. The first kappa shape index (κ1) is 15.5. The minimum atomic E-state index is -3.32. The second-order valence-electron chi connectivity index (χ2n) is 5.40. The zero-order valence-electron chi connectivity index (χ0n) is 12.8. The molecule has 0 saturated carbocycles. The lowest BCUT2D eigenvalue weighted by Crippen LogP contribution is -2.08. The number of ether oxygens (including phenoxy) is 1. The molecule has 0 aliphatic carbocycles. The second-order valence-corrected chi connectivity index (χ2v) is 7.36. The van der Waals surface area contributed by atoms with E-state index in [1.807, 2.05) is 31.2 Å². The number of pyridine rings is 1. The van der Waals surface area contributed by atoms with Gasteiger partial charge >= 0.3 is 0 Å². The Morgan fingerprint density at radius 1 is 1.17 bits per heavy atom. The third-order valence-corrected chi connectivity index (χ3v) is 4.42. The molecule has 7 heteroatoms. The van der Waals surface area contributed by atoms with E-state index in [9.17, 15) is 8.42 Å². The van der Waals surface area contributed by atoms with Crippen molar-refractivity contribution in [1.29, 1.82) is 0 Å². The number of nitrogens with zero attached hydrogens (tertiary/aromatic N) is 2. The number of aryl methyl sites for hydroxylation is 1. The number of hydrogen-bond acceptors (Lipinski definition) is 6. The van der Waals surface area contributed by atoms with Gasteiger partial charge in [0.15, 0.2) is 21.0 Å². The third-order valence-electron chi connectivity index (χ3n) is 3.42. The van der Waals surface area contributed by atoms with E-state index in [-0.39, 0.29) is 11.1 Å². The number of sulfone groups is 1. The topological polar surface area (TPSA) is 77.9 Å². The monoisotopic (exact) mass is 332 g/mol. The minimum absolute atomic E-state index is 0.00647. The largest absolute Gasteiger partial charge is 0.438 e. The molecule has 1 aliphatic rings. The van der Waals surface area contributed by atoms with E-state index >= 15 is 0 Å². The molecule has 120 valence electrons. The molecule has 1 aromatic heterocycles. The van der Waals surface area contributed by atoms with Crippen molar-refractivity contribution in [1.82, 2.24) is 4.98 Å². The normalized spacial score (nSPS) is 17.5. The summed E-state index contributed by atoms with van der Waals surface area (Å²) in [6, 6.07) is 11.0. The predicted octanol–water partition coefficient (Wildman–Crippen LogP) is 2.65. The summed E-state index contributed by atoms with van der Waals surface area (Å²) in [4.78, 5) is 9.26. The van der Waals surface area contributed by atoms with Crippen LogP contribution in [0.1, 0.15) is 23.7 Å². The van der Waals surface area contributed by atoms with Crippen molar-refractivity contribution in [2.45, 2.75) is 24.5 Å². The van der Waals surface area contributed by atoms with Crippen molar-refractivity contribution in [3.05, 3.63) is 53.7 Å². The van der Waals surface area contributed by atoms with Crippen LogP contribution in [0.4, 0.5) is 0 Å². The van der Waals surface area contributed by atoms with Gasteiger partial charge in [-0.3, -0.25) is 0 Å². The van der Waals surface area contributed by atoms with E-state index in [0.29, 0.717) is 18.1 Å². The molecule has 0 radical (unpaired) electrons. The summed E-state index contributed by atoms with van der Waals surface area (Å²) in [6.45, 7) is 2.03. The van der Waals surface area contributed by atoms with Crippen molar-refractivity contribution in [3.8, 4) is 5.75 Å². The van der Waals surface area contributed by atoms with Gasteiger partial charge in [0.25, 0.3) is 0 Å². The summed E-state index contributed by atoms with van der Waals surface area (Å²) >= 11 is 0. The highest BCUT2D eigenvalue weighted by molar-refractivity contribution is 7.90. The first-order chi connectivity index (χ1) is 10.9. The molecule has 23 heavy (non-hydrogen) atoms. The van der Waals surface area contributed by atoms with E-state index < -0.39 is 9.84 Å². The van der Waals surface area contributed by atoms with Crippen molar-refractivity contribution < 1.29 is 18.0 Å². The van der Waals surface area contributed by atoms with Crippen molar-refractivity contribution >= 4 is 15.7 Å². The van der Waals surface area contributed by atoms with Crippen LogP contribution in [0.2, 0.25) is 0 Å². The smallest absolute Gasteiger partial charge is 0.235 e. The lowest BCUT2D eigenvalue weighted by Gasteiger charge is -2.08. The fourth-order valence-corrected chi connectivity index (χ4v) is 2.72. The van der Waals surface area contributed by atoms with Gasteiger partial charge in [0, 0.05) is 6.26 Å². The molecular formula is C16H16N2O4S. The van der Waals surface area contributed by atoms with E-state index in [0.717, 1.165) is 11.8 Å². The lowest BCUT2D eigenvalue weighted by atomic mass is 10.1. The third kappa shape index (κ3) is 3.68. The molecule has 0 bridgehead atoms. The Balaban J connectivity index is 1.65. The maximum atomic E-state index is 11.4. The molecule has 6 nitrogen and oxygen atoms in total. The average Bonchev–Trinajstić information content (AvgIpc) is 2.96. The zero-order valence-corrected chi connectivity index (χ0v) is 13.6. The molecule has 0 fully saturated rings. The van der Waals surface area contributed by atoms with Crippen LogP contribution in [0.3, 0.4) is 0 Å². The van der Waals surface area contributed by atoms with Gasteiger partial charge in [-0.15, -0.1) is 0 Å². The standard InChI is InChI=1S/C16H16N2O4S/c1-11-3-5-12(6-4-11)14-9-15(18-22-14)21-13-7-8-16(17-10-13)23(2,19)20/h3-8,10,14H,9H2,1-2H3/t14-/m0/s1. The SMILES string of the molecule is Cc1ccc([C@@H]2CC(Oc3ccc(S(C)(=O)=O)nc3)=NO2)cc1. The van der Waals surface area contributed by atoms with Crippen LogP contribution in [0.25, 0.3) is 0 Å². The maximum Gasteiger partial charge on any atom is 0.235 e. The van der Waals surface area contributed by atoms with Crippen LogP contribution in [-0.4, -0.2) is 25.6 Å². The number of benzene rings is 1. The maximum absolute atomic E-state index is 11.4. The highest BCUT2D eigenvalue weighted by Gasteiger charge is 2.24. The van der Waals surface area contributed by atoms with Crippen LogP contribution < -0.4 is 4.74 Å².